The van der Waals surface area contributed by atoms with E-state index in [0.29, 0.717) is 24.8 Å². The minimum atomic E-state index is -0.115. The summed E-state index contributed by atoms with van der Waals surface area (Å²) in [7, 11) is 0. The van der Waals surface area contributed by atoms with Gasteiger partial charge in [-0.3, -0.25) is 4.79 Å². The number of nitrogens with one attached hydrogen (secondary N) is 1. The average molecular weight is 279 g/mol. The predicted molar refractivity (Wildman–Crippen MR) is 79.3 cm³/mol. The molecule has 1 unspecified atom stereocenters. The number of amides is 1. The molecule has 3 N–H and O–H groups in total. The van der Waals surface area contributed by atoms with E-state index < -0.39 is 0 Å². The summed E-state index contributed by atoms with van der Waals surface area (Å²) < 4.78 is 5.61. The Morgan fingerprint density at radius 2 is 2.10 bits per heavy atom. The van der Waals surface area contributed by atoms with Crippen LogP contribution < -0.4 is 15.8 Å². The highest BCUT2D eigenvalue weighted by Crippen LogP contribution is 2.15. The molecule has 0 bridgehead atoms. The molecule has 1 aromatic heterocycles. The molecule has 0 aliphatic rings. The Morgan fingerprint density at radius 3 is 2.70 bits per heavy atom. The van der Waals surface area contributed by atoms with Crippen molar-refractivity contribution >= 4 is 5.91 Å². The van der Waals surface area contributed by atoms with E-state index in [0.717, 1.165) is 5.56 Å². The van der Waals surface area contributed by atoms with Gasteiger partial charge >= 0.3 is 0 Å². The second-order valence-corrected chi connectivity index (χ2v) is 5.52. The van der Waals surface area contributed by atoms with Gasteiger partial charge in [0, 0.05) is 30.8 Å². The molecule has 0 radical (unpaired) electrons. The van der Waals surface area contributed by atoms with Crippen LogP contribution in [0.2, 0.25) is 0 Å². The first-order valence-electron chi connectivity index (χ1n) is 7.03. The molecule has 0 saturated heterocycles. The number of aromatic nitrogens is 1. The topological polar surface area (TPSA) is 77.2 Å². The normalized spacial score (nSPS) is 12.6. The average Bonchev–Trinajstić information content (AvgIpc) is 2.36. The minimum absolute atomic E-state index is 0.0497. The molecular weight excluding hydrogens is 254 g/mol. The summed E-state index contributed by atoms with van der Waals surface area (Å²) in [5.41, 5.74) is 6.75. The van der Waals surface area contributed by atoms with Crippen LogP contribution in [0.25, 0.3) is 0 Å². The van der Waals surface area contributed by atoms with E-state index in [4.69, 9.17) is 10.5 Å². The van der Waals surface area contributed by atoms with Crippen molar-refractivity contribution in [3.8, 4) is 5.88 Å². The van der Waals surface area contributed by atoms with E-state index in [9.17, 15) is 4.79 Å². The number of carbonyl (C=O) groups is 1. The lowest BCUT2D eigenvalue weighted by molar-refractivity contribution is -0.121. The van der Waals surface area contributed by atoms with Crippen molar-refractivity contribution in [2.24, 2.45) is 11.7 Å². The number of nitrogens with zero attached hydrogens (tertiary/aromatic N) is 1. The Bertz CT molecular complexity index is 433. The molecule has 20 heavy (non-hydrogen) atoms. The number of pyridine rings is 1. The van der Waals surface area contributed by atoms with Crippen LogP contribution in [0, 0.1) is 5.92 Å². The third-order valence-corrected chi connectivity index (χ3v) is 2.95. The molecule has 0 fully saturated rings. The van der Waals surface area contributed by atoms with E-state index in [2.05, 4.69) is 10.3 Å². The maximum Gasteiger partial charge on any atom is 0.221 e. The Hall–Kier alpha value is -1.62. The van der Waals surface area contributed by atoms with Gasteiger partial charge in [-0.25, -0.2) is 4.98 Å². The number of hydrogen-bond acceptors (Lipinski definition) is 4. The van der Waals surface area contributed by atoms with Gasteiger partial charge in [0.1, 0.15) is 0 Å². The first-order valence-corrected chi connectivity index (χ1v) is 7.03. The first-order chi connectivity index (χ1) is 9.40. The van der Waals surface area contributed by atoms with E-state index >= 15 is 0 Å². The highest BCUT2D eigenvalue weighted by Gasteiger charge is 2.13. The van der Waals surface area contributed by atoms with Crippen LogP contribution in [0.4, 0.5) is 0 Å². The zero-order valence-corrected chi connectivity index (χ0v) is 12.7. The van der Waals surface area contributed by atoms with Gasteiger partial charge in [0.2, 0.25) is 11.8 Å². The van der Waals surface area contributed by atoms with E-state index in [1.54, 1.807) is 6.20 Å². The zero-order valence-electron chi connectivity index (χ0n) is 12.7. The molecule has 1 rings (SSSR count). The third-order valence-electron chi connectivity index (χ3n) is 2.95. The molecule has 1 amide bonds. The quantitative estimate of drug-likeness (QED) is 0.798. The smallest absolute Gasteiger partial charge is 0.221 e. The molecule has 1 aromatic rings. The lowest BCUT2D eigenvalue weighted by Crippen LogP contribution is -2.34. The molecule has 0 aliphatic heterocycles. The standard InChI is InChI=1S/C15H25N3O2/c1-10(2)13(16)8-14(19)18-9-12-6-5-7-17-15(12)20-11(3)4/h5-7,10-11,13H,8-9,16H2,1-4H3,(H,18,19). The van der Waals surface area contributed by atoms with E-state index in [-0.39, 0.29) is 18.1 Å². The summed E-state index contributed by atoms with van der Waals surface area (Å²) >= 11 is 0. The van der Waals surface area contributed by atoms with Gasteiger partial charge in [-0.2, -0.15) is 0 Å². The summed E-state index contributed by atoms with van der Waals surface area (Å²) in [6.45, 7) is 8.30. The van der Waals surface area contributed by atoms with Gasteiger partial charge in [-0.05, 0) is 25.8 Å². The number of carbonyl (C=O) groups excluding carboxylic acids is 1. The van der Waals surface area contributed by atoms with Gasteiger partial charge < -0.3 is 15.8 Å². The van der Waals surface area contributed by atoms with Crippen molar-refractivity contribution < 1.29 is 9.53 Å². The molecule has 0 spiro atoms. The molecule has 0 saturated carbocycles. The molecule has 112 valence electrons. The maximum atomic E-state index is 11.8. The van der Waals surface area contributed by atoms with Crippen LogP contribution in [0.15, 0.2) is 18.3 Å². The van der Waals surface area contributed by atoms with E-state index in [1.165, 1.54) is 0 Å². The first kappa shape index (κ1) is 16.4. The Labute approximate surface area is 120 Å². The van der Waals surface area contributed by atoms with Gasteiger partial charge in [0.05, 0.1) is 6.10 Å². The second kappa shape index (κ2) is 7.85. The highest BCUT2D eigenvalue weighted by atomic mass is 16.5. The summed E-state index contributed by atoms with van der Waals surface area (Å²) in [6, 6.07) is 3.61. The number of ether oxygens (including phenoxy) is 1. The van der Waals surface area contributed by atoms with Crippen molar-refractivity contribution in [2.45, 2.75) is 52.8 Å². The molecule has 0 aliphatic carbocycles. The van der Waals surface area contributed by atoms with Crippen LogP contribution >= 0.6 is 0 Å². The largest absolute Gasteiger partial charge is 0.475 e. The molecule has 1 atom stereocenters. The van der Waals surface area contributed by atoms with Crippen molar-refractivity contribution in [1.29, 1.82) is 0 Å². The fourth-order valence-electron chi connectivity index (χ4n) is 1.60. The number of rotatable bonds is 7. The Kier molecular flexibility index (Phi) is 6.45. The van der Waals surface area contributed by atoms with Crippen LogP contribution in [0.1, 0.15) is 39.7 Å². The Morgan fingerprint density at radius 1 is 1.40 bits per heavy atom. The van der Waals surface area contributed by atoms with Crippen LogP contribution in [0.3, 0.4) is 0 Å². The number of nitrogens with two attached hydrogens (primary N) is 1. The summed E-state index contributed by atoms with van der Waals surface area (Å²) in [5.74, 6) is 0.806. The summed E-state index contributed by atoms with van der Waals surface area (Å²) in [5, 5.41) is 2.86. The van der Waals surface area contributed by atoms with Crippen LogP contribution in [-0.4, -0.2) is 23.0 Å². The Balaban J connectivity index is 2.55. The van der Waals surface area contributed by atoms with Crippen LogP contribution in [-0.2, 0) is 11.3 Å². The van der Waals surface area contributed by atoms with E-state index in [1.807, 2.05) is 39.8 Å². The third kappa shape index (κ3) is 5.57. The SMILES string of the molecule is CC(C)Oc1ncccc1CNC(=O)CC(N)C(C)C. The van der Waals surface area contributed by atoms with Crippen molar-refractivity contribution in [2.75, 3.05) is 0 Å². The molecule has 0 aromatic carbocycles. The van der Waals surface area contributed by atoms with Crippen molar-refractivity contribution in [3.05, 3.63) is 23.9 Å². The molecular formula is C15H25N3O2. The molecule has 1 heterocycles. The minimum Gasteiger partial charge on any atom is -0.475 e. The summed E-state index contributed by atoms with van der Waals surface area (Å²) in [6.07, 6.45) is 2.06. The van der Waals surface area contributed by atoms with Gasteiger partial charge in [-0.15, -0.1) is 0 Å². The van der Waals surface area contributed by atoms with Crippen LogP contribution in [0.5, 0.6) is 5.88 Å². The fraction of sp³-hybridized carbons (Fsp3) is 0.600. The van der Waals surface area contributed by atoms with Gasteiger partial charge in [0.25, 0.3) is 0 Å². The maximum absolute atomic E-state index is 11.8. The van der Waals surface area contributed by atoms with Crippen molar-refractivity contribution in [3.63, 3.8) is 0 Å². The zero-order chi connectivity index (χ0) is 15.1. The monoisotopic (exact) mass is 279 g/mol. The lowest BCUT2D eigenvalue weighted by atomic mass is 10.0. The second-order valence-electron chi connectivity index (χ2n) is 5.52. The highest BCUT2D eigenvalue weighted by molar-refractivity contribution is 5.76. The lowest BCUT2D eigenvalue weighted by Gasteiger charge is -2.16. The molecule has 5 nitrogen and oxygen atoms in total. The number of hydrogen-bond donors (Lipinski definition) is 2. The summed E-state index contributed by atoms with van der Waals surface area (Å²) in [4.78, 5) is 16.0. The van der Waals surface area contributed by atoms with Gasteiger partial charge in [-0.1, -0.05) is 19.9 Å². The van der Waals surface area contributed by atoms with Crippen molar-refractivity contribution in [1.82, 2.24) is 10.3 Å². The predicted octanol–water partition coefficient (Wildman–Crippen LogP) is 1.86. The molecule has 5 heteroatoms. The van der Waals surface area contributed by atoms with Gasteiger partial charge in [0.15, 0.2) is 0 Å². The fourth-order valence-corrected chi connectivity index (χ4v) is 1.60.